The fraction of sp³-hybridized carbons (Fsp3) is 0.0833. The van der Waals surface area contributed by atoms with Gasteiger partial charge >= 0.3 is 0 Å². The number of hydrogen-bond donors (Lipinski definition) is 1. The van der Waals surface area contributed by atoms with Crippen LogP contribution in [-0.4, -0.2) is 19.7 Å². The molecule has 3 aromatic heterocycles. The second kappa shape index (κ2) is 4.23. The summed E-state index contributed by atoms with van der Waals surface area (Å²) in [4.78, 5) is 20.2. The van der Waals surface area contributed by atoms with Crippen molar-refractivity contribution in [3.8, 4) is 16.4 Å². The zero-order valence-corrected chi connectivity index (χ0v) is 10.4. The number of H-pyrrole nitrogens is 1. The summed E-state index contributed by atoms with van der Waals surface area (Å²) in [5, 5.41) is 5.50. The first-order valence-electron chi connectivity index (χ1n) is 5.39. The van der Waals surface area contributed by atoms with E-state index in [-0.39, 0.29) is 5.56 Å². The fourth-order valence-corrected chi connectivity index (χ4v) is 2.47. The average Bonchev–Trinajstić information content (AvgIpc) is 2.97. The van der Waals surface area contributed by atoms with Crippen molar-refractivity contribution >= 4 is 11.3 Å². The van der Waals surface area contributed by atoms with E-state index in [1.165, 1.54) is 16.0 Å². The van der Waals surface area contributed by atoms with E-state index in [1.807, 2.05) is 24.4 Å². The van der Waals surface area contributed by atoms with E-state index in [9.17, 15) is 4.79 Å². The van der Waals surface area contributed by atoms with Crippen molar-refractivity contribution in [1.29, 1.82) is 0 Å². The summed E-state index contributed by atoms with van der Waals surface area (Å²) >= 11 is 1.42. The largest absolute Gasteiger partial charge is 0.293 e. The normalized spacial score (nSPS) is 10.7. The van der Waals surface area contributed by atoms with Crippen molar-refractivity contribution in [3.63, 3.8) is 0 Å². The van der Waals surface area contributed by atoms with Gasteiger partial charge in [-0.3, -0.25) is 14.9 Å². The lowest BCUT2D eigenvalue weighted by atomic mass is 10.2. The minimum atomic E-state index is -0.0976. The summed E-state index contributed by atoms with van der Waals surface area (Å²) in [6.07, 6.45) is 3.47. The molecule has 5 nitrogen and oxygen atoms in total. The van der Waals surface area contributed by atoms with Crippen molar-refractivity contribution in [2.45, 2.75) is 6.92 Å². The topological polar surface area (TPSA) is 63.6 Å². The lowest BCUT2D eigenvalue weighted by Gasteiger charge is -1.95. The van der Waals surface area contributed by atoms with E-state index < -0.39 is 0 Å². The van der Waals surface area contributed by atoms with Gasteiger partial charge in [0, 0.05) is 35.1 Å². The van der Waals surface area contributed by atoms with Crippen molar-refractivity contribution in [1.82, 2.24) is 19.7 Å². The van der Waals surface area contributed by atoms with Gasteiger partial charge in [-0.05, 0) is 19.1 Å². The summed E-state index contributed by atoms with van der Waals surface area (Å²) in [5.41, 5.74) is 2.48. The molecule has 0 aliphatic heterocycles. The molecule has 0 aromatic carbocycles. The van der Waals surface area contributed by atoms with Crippen LogP contribution in [-0.2, 0) is 0 Å². The highest BCUT2D eigenvalue weighted by atomic mass is 32.1. The Morgan fingerprint density at radius 1 is 1.44 bits per heavy atom. The highest BCUT2D eigenvalue weighted by Crippen LogP contribution is 2.22. The first-order chi connectivity index (χ1) is 8.74. The van der Waals surface area contributed by atoms with Crippen LogP contribution in [0.25, 0.3) is 16.4 Å². The molecule has 0 aliphatic carbocycles. The maximum absolute atomic E-state index is 11.7. The molecule has 1 N–H and O–H groups in total. The molecule has 3 rings (SSSR count). The van der Waals surface area contributed by atoms with Gasteiger partial charge in [-0.1, -0.05) is 0 Å². The van der Waals surface area contributed by atoms with Gasteiger partial charge in [0.2, 0.25) is 5.13 Å². The average molecular weight is 258 g/mol. The molecule has 0 amide bonds. The highest BCUT2D eigenvalue weighted by Gasteiger charge is 2.09. The molecular weight excluding hydrogens is 248 g/mol. The summed E-state index contributed by atoms with van der Waals surface area (Å²) in [7, 11) is 0. The molecule has 0 spiro atoms. The van der Waals surface area contributed by atoms with Gasteiger partial charge in [0.1, 0.15) is 0 Å². The molecule has 0 atom stereocenters. The number of nitrogens with zero attached hydrogens (tertiary/aromatic N) is 3. The van der Waals surface area contributed by atoms with Gasteiger partial charge in [-0.15, -0.1) is 11.3 Å². The Kier molecular flexibility index (Phi) is 2.56. The summed E-state index contributed by atoms with van der Waals surface area (Å²) in [6.45, 7) is 1.84. The summed E-state index contributed by atoms with van der Waals surface area (Å²) in [5.74, 6) is 0. The van der Waals surface area contributed by atoms with Crippen LogP contribution in [0.2, 0.25) is 0 Å². The molecular formula is C12H10N4OS. The Bertz CT molecular complexity index is 726. The molecule has 90 valence electrons. The molecule has 0 unspecified atom stereocenters. The molecule has 0 fully saturated rings. The van der Waals surface area contributed by atoms with E-state index in [0.717, 1.165) is 17.0 Å². The first kappa shape index (κ1) is 10.9. The SMILES string of the molecule is Cc1cc(=O)n(-c2nc(-c3cccnc3)cs2)[nH]1. The van der Waals surface area contributed by atoms with E-state index >= 15 is 0 Å². The maximum atomic E-state index is 11.7. The van der Waals surface area contributed by atoms with E-state index in [4.69, 9.17) is 0 Å². The highest BCUT2D eigenvalue weighted by molar-refractivity contribution is 7.12. The third kappa shape index (κ3) is 1.86. The molecule has 18 heavy (non-hydrogen) atoms. The minimum absolute atomic E-state index is 0.0976. The van der Waals surface area contributed by atoms with Gasteiger partial charge < -0.3 is 0 Å². The van der Waals surface area contributed by atoms with E-state index in [0.29, 0.717) is 5.13 Å². The van der Waals surface area contributed by atoms with Gasteiger partial charge in [0.25, 0.3) is 5.56 Å². The summed E-state index contributed by atoms with van der Waals surface area (Å²) in [6, 6.07) is 5.35. The number of hydrogen-bond acceptors (Lipinski definition) is 4. The van der Waals surface area contributed by atoms with Crippen LogP contribution < -0.4 is 5.56 Å². The Morgan fingerprint density at radius 2 is 2.33 bits per heavy atom. The van der Waals surface area contributed by atoms with E-state index in [2.05, 4.69) is 15.1 Å². The summed E-state index contributed by atoms with van der Waals surface area (Å²) < 4.78 is 1.44. The van der Waals surface area contributed by atoms with Crippen molar-refractivity contribution in [2.75, 3.05) is 0 Å². The zero-order chi connectivity index (χ0) is 12.5. The molecule has 0 saturated carbocycles. The molecule has 0 radical (unpaired) electrons. The van der Waals surface area contributed by atoms with Crippen molar-refractivity contribution in [2.24, 2.45) is 0 Å². The van der Waals surface area contributed by atoms with Gasteiger partial charge in [0.05, 0.1) is 5.69 Å². The Morgan fingerprint density at radius 3 is 3.00 bits per heavy atom. The molecule has 6 heteroatoms. The second-order valence-electron chi connectivity index (χ2n) is 3.87. The van der Waals surface area contributed by atoms with Gasteiger partial charge in [0.15, 0.2) is 0 Å². The number of aryl methyl sites for hydroxylation is 1. The second-order valence-corrected chi connectivity index (χ2v) is 4.71. The predicted octanol–water partition coefficient (Wildman–Crippen LogP) is 1.99. The van der Waals surface area contributed by atoms with Crippen LogP contribution >= 0.6 is 11.3 Å². The lowest BCUT2D eigenvalue weighted by molar-refractivity contribution is 0.827. The van der Waals surface area contributed by atoms with Crippen LogP contribution in [0.1, 0.15) is 5.69 Å². The number of thiazole rings is 1. The van der Waals surface area contributed by atoms with Gasteiger partial charge in [-0.2, -0.15) is 4.68 Å². The zero-order valence-electron chi connectivity index (χ0n) is 9.62. The van der Waals surface area contributed by atoms with E-state index in [1.54, 1.807) is 18.5 Å². The Labute approximate surface area is 107 Å². The molecule has 3 heterocycles. The number of aromatic nitrogens is 4. The Hall–Kier alpha value is -2.21. The number of rotatable bonds is 2. The smallest absolute Gasteiger partial charge is 0.273 e. The Balaban J connectivity index is 2.05. The fourth-order valence-electron chi connectivity index (χ4n) is 1.67. The number of pyridine rings is 1. The first-order valence-corrected chi connectivity index (χ1v) is 6.27. The predicted molar refractivity (Wildman–Crippen MR) is 70.0 cm³/mol. The molecule has 0 bridgehead atoms. The lowest BCUT2D eigenvalue weighted by Crippen LogP contribution is -2.12. The van der Waals surface area contributed by atoms with Crippen LogP contribution in [0, 0.1) is 6.92 Å². The van der Waals surface area contributed by atoms with Gasteiger partial charge in [-0.25, -0.2) is 4.98 Å². The standard InChI is InChI=1S/C12H10N4OS/c1-8-5-11(17)16(15-8)12-14-10(7-18-12)9-3-2-4-13-6-9/h2-7,15H,1H3. The maximum Gasteiger partial charge on any atom is 0.273 e. The van der Waals surface area contributed by atoms with Crippen LogP contribution in [0.5, 0.6) is 0 Å². The van der Waals surface area contributed by atoms with Crippen molar-refractivity contribution < 1.29 is 0 Å². The third-order valence-corrected chi connectivity index (χ3v) is 3.31. The quantitative estimate of drug-likeness (QED) is 0.764. The molecule has 3 aromatic rings. The number of nitrogens with one attached hydrogen (secondary N) is 1. The van der Waals surface area contributed by atoms with Crippen LogP contribution in [0.3, 0.4) is 0 Å². The third-order valence-electron chi connectivity index (χ3n) is 2.49. The van der Waals surface area contributed by atoms with Crippen LogP contribution in [0.4, 0.5) is 0 Å². The molecule has 0 saturated heterocycles. The number of aromatic amines is 1. The van der Waals surface area contributed by atoms with Crippen LogP contribution in [0.15, 0.2) is 40.8 Å². The minimum Gasteiger partial charge on any atom is -0.293 e. The monoisotopic (exact) mass is 258 g/mol. The van der Waals surface area contributed by atoms with Crippen molar-refractivity contribution in [3.05, 3.63) is 52.0 Å². The molecule has 0 aliphatic rings.